The number of aliphatic hydroxyl groups is 3. The molecule has 11 heteroatoms. The molecule has 2 aromatic heterocycles. The lowest BCUT2D eigenvalue weighted by Crippen LogP contribution is -2.82. The topological polar surface area (TPSA) is 152 Å². The minimum Gasteiger partial charge on any atom is -0.474 e. The average Bonchev–Trinajstić information content (AvgIpc) is 3.00. The van der Waals surface area contributed by atoms with E-state index < -0.39 is 45.3 Å². The van der Waals surface area contributed by atoms with Crippen LogP contribution in [0.25, 0.3) is 11.3 Å². The fourth-order valence-corrected chi connectivity index (χ4v) is 5.79. The fraction of sp³-hybridized carbons (Fsp3) is 0.500. The maximum absolute atomic E-state index is 12.6. The number of aromatic nitrogens is 3. The third kappa shape index (κ3) is 3.50. The van der Waals surface area contributed by atoms with E-state index in [1.807, 2.05) is 20.9 Å². The summed E-state index contributed by atoms with van der Waals surface area (Å²) in [5.74, 6) is -3.46. The molecule has 4 atom stereocenters. The lowest BCUT2D eigenvalue weighted by atomic mass is 9.65. The molecule has 1 fully saturated rings. The van der Waals surface area contributed by atoms with E-state index in [0.29, 0.717) is 5.69 Å². The smallest absolute Gasteiger partial charge is 0.208 e. The van der Waals surface area contributed by atoms with E-state index in [1.165, 1.54) is 6.20 Å². The van der Waals surface area contributed by atoms with Crippen molar-refractivity contribution < 1.29 is 34.4 Å². The lowest BCUT2D eigenvalue weighted by molar-refractivity contribution is -0.236. The van der Waals surface area contributed by atoms with Crippen LogP contribution in [0.1, 0.15) is 32.2 Å². The summed E-state index contributed by atoms with van der Waals surface area (Å²) in [6.45, 7) is 6.59. The Hall–Kier alpha value is -2.60. The molecule has 0 unspecified atom stereocenters. The van der Waals surface area contributed by atoms with Crippen molar-refractivity contribution in [1.29, 1.82) is 0 Å². The van der Waals surface area contributed by atoms with Crippen LogP contribution in [0.5, 0.6) is 5.75 Å². The highest BCUT2D eigenvalue weighted by Crippen LogP contribution is 2.49. The van der Waals surface area contributed by atoms with E-state index in [4.69, 9.17) is 4.74 Å². The number of pyridine rings is 1. The maximum atomic E-state index is 12.6. The minimum absolute atomic E-state index is 0.147. The molecule has 0 aliphatic carbocycles. The highest BCUT2D eigenvalue weighted by Gasteiger charge is 2.75. The van der Waals surface area contributed by atoms with Gasteiger partial charge < -0.3 is 20.1 Å². The summed E-state index contributed by atoms with van der Waals surface area (Å²) in [5, 5.41) is 37.8. The van der Waals surface area contributed by atoms with Crippen molar-refractivity contribution >= 4 is 29.1 Å². The molecule has 0 aromatic carbocycles. The summed E-state index contributed by atoms with van der Waals surface area (Å²) in [6.07, 6.45) is 1.38. The summed E-state index contributed by atoms with van der Waals surface area (Å²) in [4.78, 5) is 41.6. The zero-order chi connectivity index (χ0) is 24.9. The number of nitrogens with zero attached hydrogens (tertiary/aromatic N) is 3. The average molecular weight is 478 g/mol. The summed E-state index contributed by atoms with van der Waals surface area (Å²) >= 11 is 0.740. The van der Waals surface area contributed by atoms with Crippen molar-refractivity contribution in [3.63, 3.8) is 0 Å². The van der Waals surface area contributed by atoms with Crippen molar-refractivity contribution in [3.05, 3.63) is 29.7 Å². The first kappa shape index (κ1) is 25.0. The SMILES string of the molecule is CC(=O)[C@]1(O)[C@@](O)(C(C)=O)CS[C@H](Oc2ccc(-c3c(C)nn(C)c3C)nc2)[C@@]1(O)C(C)=O. The second-order valence-electron chi connectivity index (χ2n) is 8.31. The molecule has 0 saturated carbocycles. The Morgan fingerprint density at radius 1 is 1.09 bits per heavy atom. The third-order valence-corrected chi connectivity index (χ3v) is 7.63. The number of rotatable bonds is 6. The lowest BCUT2D eigenvalue weighted by Gasteiger charge is -2.54. The van der Waals surface area contributed by atoms with Crippen LogP contribution in [0, 0.1) is 13.8 Å². The maximum Gasteiger partial charge on any atom is 0.208 e. The van der Waals surface area contributed by atoms with Crippen molar-refractivity contribution in [2.45, 2.75) is 56.9 Å². The van der Waals surface area contributed by atoms with Gasteiger partial charge in [0.25, 0.3) is 0 Å². The Bertz CT molecular complexity index is 1130. The number of hydrogen-bond donors (Lipinski definition) is 3. The number of aryl methyl sites for hydroxylation is 2. The Balaban J connectivity index is 2.00. The summed E-state index contributed by atoms with van der Waals surface area (Å²) in [6, 6.07) is 3.24. The first-order valence-electron chi connectivity index (χ1n) is 10.2. The molecule has 0 bridgehead atoms. The van der Waals surface area contributed by atoms with Crippen molar-refractivity contribution in [2.75, 3.05) is 5.75 Å². The molecule has 3 rings (SSSR count). The van der Waals surface area contributed by atoms with Crippen LogP contribution in [0.15, 0.2) is 18.3 Å². The van der Waals surface area contributed by atoms with Crippen molar-refractivity contribution in [2.24, 2.45) is 7.05 Å². The number of thioether (sulfide) groups is 1. The van der Waals surface area contributed by atoms with E-state index >= 15 is 0 Å². The molecule has 1 aliphatic heterocycles. The van der Waals surface area contributed by atoms with Gasteiger partial charge in [-0.2, -0.15) is 5.10 Å². The van der Waals surface area contributed by atoms with Gasteiger partial charge in [0.15, 0.2) is 34.0 Å². The van der Waals surface area contributed by atoms with Gasteiger partial charge in [-0.1, -0.05) is 0 Å². The second-order valence-corrected chi connectivity index (χ2v) is 9.37. The van der Waals surface area contributed by atoms with Gasteiger partial charge in [0.05, 0.1) is 17.6 Å². The molecule has 0 spiro atoms. The predicted molar refractivity (Wildman–Crippen MR) is 120 cm³/mol. The van der Waals surface area contributed by atoms with Gasteiger partial charge in [-0.3, -0.25) is 24.0 Å². The first-order valence-corrected chi connectivity index (χ1v) is 11.2. The number of ketones is 3. The summed E-state index contributed by atoms with van der Waals surface area (Å²) in [5.41, 5.74) is -7.00. The summed E-state index contributed by atoms with van der Waals surface area (Å²) in [7, 11) is 1.82. The van der Waals surface area contributed by atoms with Crippen LogP contribution in [0.2, 0.25) is 0 Å². The Morgan fingerprint density at radius 3 is 2.15 bits per heavy atom. The van der Waals surface area contributed by atoms with E-state index in [1.54, 1.807) is 16.8 Å². The first-order chi connectivity index (χ1) is 15.2. The van der Waals surface area contributed by atoms with E-state index in [0.717, 1.165) is 49.5 Å². The molecule has 178 valence electrons. The Kier molecular flexibility index (Phi) is 6.31. The largest absolute Gasteiger partial charge is 0.474 e. The van der Waals surface area contributed by atoms with Gasteiger partial charge in [-0.05, 0) is 46.8 Å². The minimum atomic E-state index is -3.11. The van der Waals surface area contributed by atoms with E-state index in [2.05, 4.69) is 10.1 Å². The Labute approximate surface area is 195 Å². The molecule has 1 saturated heterocycles. The quantitative estimate of drug-likeness (QED) is 0.536. The number of hydrogen-bond acceptors (Lipinski definition) is 10. The van der Waals surface area contributed by atoms with Gasteiger partial charge in [-0.15, -0.1) is 11.8 Å². The normalized spacial score (nSPS) is 29.5. The molecular weight excluding hydrogens is 450 g/mol. The standard InChI is InChI=1S/C22H27N3O7S/c1-11-18(12(2)25(6)24-11)17-8-7-16(9-23-17)32-19-21(30,14(4)27)22(31,15(5)28)20(29,10-33-19)13(3)26/h7-9,19,29-31H,10H2,1-6H3/t19-,20-,21-,22-/m0/s1. The molecule has 3 heterocycles. The van der Waals surface area contributed by atoms with Crippen LogP contribution in [-0.4, -0.2) is 75.4 Å². The zero-order valence-electron chi connectivity index (χ0n) is 19.2. The predicted octanol–water partition coefficient (Wildman–Crippen LogP) is 0.511. The molecule has 2 aromatic rings. The van der Waals surface area contributed by atoms with E-state index in [9.17, 15) is 29.7 Å². The molecular formula is C22H27N3O7S. The van der Waals surface area contributed by atoms with Crippen molar-refractivity contribution in [3.8, 4) is 17.0 Å². The number of carbonyl (C=O) groups is 3. The highest BCUT2D eigenvalue weighted by molar-refractivity contribution is 8.00. The number of Topliss-reactive ketones (excluding diaryl/α,β-unsaturated/α-hetero) is 3. The highest BCUT2D eigenvalue weighted by atomic mass is 32.2. The molecule has 3 N–H and O–H groups in total. The molecule has 10 nitrogen and oxygen atoms in total. The van der Waals surface area contributed by atoms with Gasteiger partial charge in [-0.25, -0.2) is 0 Å². The molecule has 0 radical (unpaired) electrons. The number of carbonyl (C=O) groups excluding carboxylic acids is 3. The monoisotopic (exact) mass is 477 g/mol. The number of ether oxygens (including phenoxy) is 1. The molecule has 1 aliphatic rings. The van der Waals surface area contributed by atoms with Crippen LogP contribution in [-0.2, 0) is 21.4 Å². The van der Waals surface area contributed by atoms with Crippen molar-refractivity contribution in [1.82, 2.24) is 14.8 Å². The Morgan fingerprint density at radius 2 is 1.73 bits per heavy atom. The second kappa shape index (κ2) is 8.32. The van der Waals surface area contributed by atoms with Gasteiger partial charge >= 0.3 is 0 Å². The van der Waals surface area contributed by atoms with Gasteiger partial charge in [0, 0.05) is 24.1 Å². The fourth-order valence-electron chi connectivity index (χ4n) is 4.23. The van der Waals surface area contributed by atoms with Gasteiger partial charge in [0.1, 0.15) is 5.75 Å². The summed E-state index contributed by atoms with van der Waals surface area (Å²) < 4.78 is 7.52. The van der Waals surface area contributed by atoms with Crippen LogP contribution < -0.4 is 4.74 Å². The van der Waals surface area contributed by atoms with Gasteiger partial charge in [0.2, 0.25) is 5.60 Å². The van der Waals surface area contributed by atoms with Crippen LogP contribution in [0.4, 0.5) is 0 Å². The van der Waals surface area contributed by atoms with Crippen LogP contribution >= 0.6 is 11.8 Å². The molecule has 0 amide bonds. The third-order valence-electron chi connectivity index (χ3n) is 6.31. The zero-order valence-corrected chi connectivity index (χ0v) is 20.1. The van der Waals surface area contributed by atoms with E-state index in [-0.39, 0.29) is 5.75 Å². The molecule has 33 heavy (non-hydrogen) atoms. The van der Waals surface area contributed by atoms with Crippen LogP contribution in [0.3, 0.4) is 0 Å².